The summed E-state index contributed by atoms with van der Waals surface area (Å²) in [5, 5.41) is 2.82. The lowest BCUT2D eigenvalue weighted by Gasteiger charge is -2.24. The summed E-state index contributed by atoms with van der Waals surface area (Å²) >= 11 is 1.59. The lowest BCUT2D eigenvalue weighted by molar-refractivity contribution is -0.119. The molecule has 0 aromatic heterocycles. The maximum Gasteiger partial charge on any atom is 0.264 e. The molecular weight excluding hydrogens is 495 g/mol. The van der Waals surface area contributed by atoms with Gasteiger partial charge in [0.25, 0.3) is 10.0 Å². The van der Waals surface area contributed by atoms with E-state index in [0.29, 0.717) is 35.9 Å². The van der Waals surface area contributed by atoms with Crippen LogP contribution >= 0.6 is 11.8 Å². The minimum atomic E-state index is -3.94. The van der Waals surface area contributed by atoms with Crippen molar-refractivity contribution in [2.75, 3.05) is 23.1 Å². The van der Waals surface area contributed by atoms with Gasteiger partial charge < -0.3 is 5.32 Å². The number of halogens is 1. The Kier molecular flexibility index (Phi) is 9.96. The van der Waals surface area contributed by atoms with Gasteiger partial charge in [0.1, 0.15) is 12.4 Å². The number of nitrogens with one attached hydrogen (secondary N) is 1. The molecule has 0 spiro atoms. The molecule has 1 N–H and O–H groups in total. The van der Waals surface area contributed by atoms with Crippen LogP contribution in [0.25, 0.3) is 0 Å². The third kappa shape index (κ3) is 7.58. The van der Waals surface area contributed by atoms with Crippen molar-refractivity contribution in [2.24, 2.45) is 0 Å². The molecule has 0 saturated carbocycles. The zero-order valence-corrected chi connectivity index (χ0v) is 22.5. The molecule has 0 heterocycles. The van der Waals surface area contributed by atoms with Crippen LogP contribution in [0.3, 0.4) is 0 Å². The third-order valence-electron chi connectivity index (χ3n) is 5.75. The maximum atomic E-state index is 13.7. The third-order valence-corrected chi connectivity index (χ3v) is 8.63. The Morgan fingerprint density at radius 3 is 2.31 bits per heavy atom. The molecule has 0 bridgehead atoms. The topological polar surface area (TPSA) is 66.5 Å². The zero-order valence-electron chi connectivity index (χ0n) is 20.9. The van der Waals surface area contributed by atoms with Crippen LogP contribution in [0.1, 0.15) is 42.9 Å². The van der Waals surface area contributed by atoms with Gasteiger partial charge in [0.2, 0.25) is 5.91 Å². The Balaban J connectivity index is 1.63. The van der Waals surface area contributed by atoms with Gasteiger partial charge in [-0.15, -0.1) is 0 Å². The van der Waals surface area contributed by atoms with Crippen LogP contribution in [-0.4, -0.2) is 33.2 Å². The van der Waals surface area contributed by atoms with E-state index in [9.17, 15) is 17.6 Å². The molecule has 36 heavy (non-hydrogen) atoms. The van der Waals surface area contributed by atoms with Gasteiger partial charge in [-0.25, -0.2) is 12.8 Å². The van der Waals surface area contributed by atoms with Gasteiger partial charge in [-0.05, 0) is 66.5 Å². The quantitative estimate of drug-likeness (QED) is 0.298. The molecule has 3 aromatic carbocycles. The summed E-state index contributed by atoms with van der Waals surface area (Å²) < 4.78 is 41.8. The summed E-state index contributed by atoms with van der Waals surface area (Å²) in [4.78, 5) is 12.9. The zero-order chi connectivity index (χ0) is 26.1. The molecule has 0 radical (unpaired) electrons. The highest BCUT2D eigenvalue weighted by molar-refractivity contribution is 7.98. The average molecular weight is 529 g/mol. The van der Waals surface area contributed by atoms with Gasteiger partial charge in [0.05, 0.1) is 10.6 Å². The normalized spacial score (nSPS) is 11.5. The molecule has 0 aliphatic carbocycles. The molecule has 3 rings (SSSR count). The molecule has 5 nitrogen and oxygen atoms in total. The first-order valence-electron chi connectivity index (χ1n) is 12.0. The standard InChI is InChI=1S/C28H33FN2O3S2/c1-21(2)23-11-13-25(14-12-23)31(36(33,34)26-15-9-22(3)10-16-26)19-28(32)30-17-6-18-35-20-24-7-4-5-8-27(24)29/h4-5,7-16,21H,6,17-20H2,1-3H3,(H,30,32). The predicted octanol–water partition coefficient (Wildman–Crippen LogP) is 5.89. The summed E-state index contributed by atoms with van der Waals surface area (Å²) in [6, 6.07) is 20.6. The van der Waals surface area contributed by atoms with Crippen LogP contribution in [0.2, 0.25) is 0 Å². The summed E-state index contributed by atoms with van der Waals surface area (Å²) in [6.07, 6.45) is 0.693. The fourth-order valence-electron chi connectivity index (χ4n) is 3.56. The monoisotopic (exact) mass is 528 g/mol. The number of hydrogen-bond acceptors (Lipinski definition) is 4. The smallest absolute Gasteiger partial charge is 0.264 e. The van der Waals surface area contributed by atoms with E-state index in [4.69, 9.17) is 0 Å². The van der Waals surface area contributed by atoms with Crippen molar-refractivity contribution in [3.05, 3.63) is 95.3 Å². The minimum absolute atomic E-state index is 0.137. The molecule has 0 fully saturated rings. The van der Waals surface area contributed by atoms with Crippen LogP contribution in [0.5, 0.6) is 0 Å². The first-order valence-corrected chi connectivity index (χ1v) is 14.5. The highest BCUT2D eigenvalue weighted by Crippen LogP contribution is 2.26. The van der Waals surface area contributed by atoms with Crippen molar-refractivity contribution in [2.45, 2.75) is 43.8 Å². The summed E-state index contributed by atoms with van der Waals surface area (Å²) in [7, 11) is -3.94. The highest BCUT2D eigenvalue weighted by Gasteiger charge is 2.27. The van der Waals surface area contributed by atoms with Crippen molar-refractivity contribution in [1.29, 1.82) is 0 Å². The molecule has 0 aliphatic heterocycles. The molecule has 8 heteroatoms. The lowest BCUT2D eigenvalue weighted by atomic mass is 10.0. The minimum Gasteiger partial charge on any atom is -0.354 e. The van der Waals surface area contributed by atoms with Crippen molar-refractivity contribution in [1.82, 2.24) is 5.32 Å². The fourth-order valence-corrected chi connectivity index (χ4v) is 5.93. The number of benzene rings is 3. The number of anilines is 1. The Morgan fingerprint density at radius 2 is 1.67 bits per heavy atom. The van der Waals surface area contributed by atoms with Gasteiger partial charge in [-0.1, -0.05) is 61.9 Å². The number of hydrogen-bond donors (Lipinski definition) is 1. The molecule has 1 amide bonds. The number of sulfonamides is 1. The summed E-state index contributed by atoms with van der Waals surface area (Å²) in [5.74, 6) is 1.03. The molecular formula is C28H33FN2O3S2. The largest absolute Gasteiger partial charge is 0.354 e. The predicted molar refractivity (Wildman–Crippen MR) is 146 cm³/mol. The molecule has 0 unspecified atom stereocenters. The molecule has 192 valence electrons. The maximum absolute atomic E-state index is 13.7. The number of nitrogens with zero attached hydrogens (tertiary/aromatic N) is 1. The van der Waals surface area contributed by atoms with Crippen LogP contribution < -0.4 is 9.62 Å². The van der Waals surface area contributed by atoms with E-state index >= 15 is 0 Å². The SMILES string of the molecule is Cc1ccc(S(=O)(=O)N(CC(=O)NCCCSCc2ccccc2F)c2ccc(C(C)C)cc2)cc1. The number of rotatable bonds is 12. The first kappa shape index (κ1) is 27.7. The van der Waals surface area contributed by atoms with Crippen molar-refractivity contribution in [3.8, 4) is 0 Å². The van der Waals surface area contributed by atoms with Crippen LogP contribution in [0, 0.1) is 12.7 Å². The summed E-state index contributed by atoms with van der Waals surface area (Å²) in [5.41, 5.74) is 3.14. The van der Waals surface area contributed by atoms with E-state index in [1.807, 2.05) is 25.1 Å². The van der Waals surface area contributed by atoms with Crippen LogP contribution in [-0.2, 0) is 20.6 Å². The van der Waals surface area contributed by atoms with Crippen LogP contribution in [0.4, 0.5) is 10.1 Å². The van der Waals surface area contributed by atoms with E-state index in [1.54, 1.807) is 60.3 Å². The Morgan fingerprint density at radius 1 is 1.00 bits per heavy atom. The first-order chi connectivity index (χ1) is 17.2. The second kappa shape index (κ2) is 12.9. The number of carbonyl (C=O) groups is 1. The lowest BCUT2D eigenvalue weighted by Crippen LogP contribution is -2.41. The van der Waals surface area contributed by atoms with Gasteiger partial charge >= 0.3 is 0 Å². The van der Waals surface area contributed by atoms with Gasteiger partial charge in [-0.3, -0.25) is 9.10 Å². The second-order valence-electron chi connectivity index (χ2n) is 8.92. The van der Waals surface area contributed by atoms with E-state index in [2.05, 4.69) is 19.2 Å². The summed E-state index contributed by atoms with van der Waals surface area (Å²) in [6.45, 7) is 6.12. The average Bonchev–Trinajstić information content (AvgIpc) is 2.86. The van der Waals surface area contributed by atoms with Crippen molar-refractivity contribution >= 4 is 33.4 Å². The molecule has 0 atom stereocenters. The van der Waals surface area contributed by atoms with Crippen LogP contribution in [0.15, 0.2) is 77.7 Å². The number of amides is 1. The Labute approximate surface area is 218 Å². The molecule has 3 aromatic rings. The second-order valence-corrected chi connectivity index (χ2v) is 11.9. The Hall–Kier alpha value is -2.84. The van der Waals surface area contributed by atoms with E-state index in [-0.39, 0.29) is 23.2 Å². The number of aryl methyl sites for hydroxylation is 1. The van der Waals surface area contributed by atoms with Gasteiger partial charge in [0.15, 0.2) is 0 Å². The Bertz CT molecular complexity index is 1240. The van der Waals surface area contributed by atoms with Crippen molar-refractivity contribution < 1.29 is 17.6 Å². The number of thioether (sulfide) groups is 1. The van der Waals surface area contributed by atoms with Gasteiger partial charge in [-0.2, -0.15) is 11.8 Å². The van der Waals surface area contributed by atoms with E-state index in [0.717, 1.165) is 21.2 Å². The van der Waals surface area contributed by atoms with E-state index < -0.39 is 10.0 Å². The number of carbonyl (C=O) groups excluding carboxylic acids is 1. The van der Waals surface area contributed by atoms with Gasteiger partial charge in [0, 0.05) is 12.3 Å². The molecule has 0 saturated heterocycles. The fraction of sp³-hybridized carbons (Fsp3) is 0.321. The highest BCUT2D eigenvalue weighted by atomic mass is 32.2. The van der Waals surface area contributed by atoms with Crippen molar-refractivity contribution in [3.63, 3.8) is 0 Å². The van der Waals surface area contributed by atoms with E-state index in [1.165, 1.54) is 6.07 Å². The molecule has 0 aliphatic rings.